The summed E-state index contributed by atoms with van der Waals surface area (Å²) in [7, 11) is 1.23. The molecule has 0 aliphatic carbocycles. The highest BCUT2D eigenvalue weighted by Gasteiger charge is 2.23. The van der Waals surface area contributed by atoms with E-state index in [0.29, 0.717) is 27.7 Å². The Kier molecular flexibility index (Phi) is 6.39. The molecule has 1 amide bonds. The van der Waals surface area contributed by atoms with E-state index < -0.39 is 17.7 Å². The molecule has 0 fully saturated rings. The van der Waals surface area contributed by atoms with Crippen LogP contribution < -0.4 is 5.32 Å². The lowest BCUT2D eigenvalue weighted by Gasteiger charge is -2.21. The van der Waals surface area contributed by atoms with Crippen molar-refractivity contribution in [3.63, 3.8) is 0 Å². The van der Waals surface area contributed by atoms with Crippen LogP contribution in [0.15, 0.2) is 66.7 Å². The van der Waals surface area contributed by atoms with E-state index in [1.807, 2.05) is 55.5 Å². The molecule has 0 aliphatic rings. The summed E-state index contributed by atoms with van der Waals surface area (Å²) in [6.07, 6.45) is 0. The molecule has 178 valence electrons. The van der Waals surface area contributed by atoms with Gasteiger partial charge in [0.1, 0.15) is 5.82 Å². The van der Waals surface area contributed by atoms with Crippen LogP contribution in [0.3, 0.4) is 0 Å². The number of fused-ring (bicyclic) bond motifs is 1. The van der Waals surface area contributed by atoms with E-state index in [4.69, 9.17) is 4.98 Å². The average molecular weight is 471 g/mol. The molecule has 5 nitrogen and oxygen atoms in total. The molecule has 35 heavy (non-hydrogen) atoms. The molecule has 3 aromatic carbocycles. The van der Waals surface area contributed by atoms with Crippen LogP contribution in [0, 0.1) is 12.7 Å². The highest BCUT2D eigenvalue weighted by Crippen LogP contribution is 2.33. The number of nitrogens with one attached hydrogen (secondary N) is 1. The van der Waals surface area contributed by atoms with Gasteiger partial charge in [0.2, 0.25) is 0 Å². The second kappa shape index (κ2) is 9.29. The quantitative estimate of drug-likeness (QED) is 0.338. The summed E-state index contributed by atoms with van der Waals surface area (Å²) in [4.78, 5) is 30.2. The number of esters is 1. The maximum atomic E-state index is 14.8. The van der Waals surface area contributed by atoms with Crippen molar-refractivity contribution in [3.05, 3.63) is 94.8 Å². The normalized spacial score (nSPS) is 11.4. The van der Waals surface area contributed by atoms with Gasteiger partial charge in [0, 0.05) is 10.9 Å². The van der Waals surface area contributed by atoms with Crippen molar-refractivity contribution in [2.24, 2.45) is 0 Å². The number of halogens is 1. The molecule has 1 aromatic heterocycles. The first-order valence-corrected chi connectivity index (χ1v) is 11.3. The Labute approximate surface area is 204 Å². The zero-order valence-electron chi connectivity index (χ0n) is 20.4. The Hall–Kier alpha value is -4.06. The van der Waals surface area contributed by atoms with Gasteiger partial charge in [0.05, 0.1) is 35.1 Å². The third-order valence-electron chi connectivity index (χ3n) is 6.01. The molecule has 6 heteroatoms. The molecule has 0 bridgehead atoms. The van der Waals surface area contributed by atoms with E-state index in [0.717, 1.165) is 17.2 Å². The largest absolute Gasteiger partial charge is 0.465 e. The molecule has 0 aliphatic heterocycles. The number of hydrogen-bond acceptors (Lipinski definition) is 4. The van der Waals surface area contributed by atoms with Crippen molar-refractivity contribution >= 4 is 28.5 Å². The maximum absolute atomic E-state index is 14.8. The predicted octanol–water partition coefficient (Wildman–Crippen LogP) is 6.69. The lowest BCUT2D eigenvalue weighted by atomic mass is 9.85. The number of aromatic nitrogens is 1. The van der Waals surface area contributed by atoms with Crippen LogP contribution in [-0.2, 0) is 10.2 Å². The molecular formula is C29H27FN2O3. The molecule has 0 atom stereocenters. The zero-order valence-corrected chi connectivity index (χ0v) is 20.4. The maximum Gasteiger partial charge on any atom is 0.337 e. The molecule has 4 aromatic rings. The lowest BCUT2D eigenvalue weighted by molar-refractivity contribution is 0.0600. The van der Waals surface area contributed by atoms with Crippen molar-refractivity contribution in [1.29, 1.82) is 0 Å². The number of pyridine rings is 1. The molecule has 1 N–H and O–H groups in total. The van der Waals surface area contributed by atoms with Crippen molar-refractivity contribution in [2.45, 2.75) is 33.1 Å². The highest BCUT2D eigenvalue weighted by atomic mass is 19.1. The Balaban J connectivity index is 1.87. The monoisotopic (exact) mass is 470 g/mol. The van der Waals surface area contributed by atoms with Gasteiger partial charge in [-0.05, 0) is 53.8 Å². The van der Waals surface area contributed by atoms with Crippen LogP contribution in [0.1, 0.15) is 52.6 Å². The third-order valence-corrected chi connectivity index (χ3v) is 6.01. The fourth-order valence-electron chi connectivity index (χ4n) is 4.04. The summed E-state index contributed by atoms with van der Waals surface area (Å²) in [5.41, 5.74) is 4.33. The first kappa shape index (κ1) is 24.1. The molecular weight excluding hydrogens is 443 g/mol. The molecule has 0 radical (unpaired) electrons. The number of rotatable bonds is 4. The Morgan fingerprint density at radius 2 is 1.69 bits per heavy atom. The van der Waals surface area contributed by atoms with E-state index in [9.17, 15) is 14.0 Å². The summed E-state index contributed by atoms with van der Waals surface area (Å²) < 4.78 is 19.4. The zero-order chi connectivity index (χ0) is 25.3. The Bertz CT molecular complexity index is 1440. The minimum absolute atomic E-state index is 0.0275. The first-order valence-electron chi connectivity index (χ1n) is 11.3. The van der Waals surface area contributed by atoms with Crippen LogP contribution in [0.2, 0.25) is 0 Å². The number of ether oxygens (including phenoxy) is 1. The summed E-state index contributed by atoms with van der Waals surface area (Å²) in [6, 6.07) is 19.4. The summed E-state index contributed by atoms with van der Waals surface area (Å²) >= 11 is 0. The van der Waals surface area contributed by atoms with Gasteiger partial charge in [-0.15, -0.1) is 0 Å². The molecule has 0 unspecified atom stereocenters. The van der Waals surface area contributed by atoms with Gasteiger partial charge >= 0.3 is 5.97 Å². The second-order valence-electron chi connectivity index (χ2n) is 9.45. The van der Waals surface area contributed by atoms with Crippen LogP contribution in [0.5, 0.6) is 0 Å². The number of benzene rings is 3. The van der Waals surface area contributed by atoms with E-state index in [2.05, 4.69) is 30.8 Å². The Morgan fingerprint density at radius 3 is 2.31 bits per heavy atom. The molecule has 0 saturated carbocycles. The van der Waals surface area contributed by atoms with E-state index in [1.54, 1.807) is 0 Å². The fourth-order valence-corrected chi connectivity index (χ4v) is 4.04. The van der Waals surface area contributed by atoms with Gasteiger partial charge in [-0.3, -0.25) is 4.79 Å². The van der Waals surface area contributed by atoms with Crippen molar-refractivity contribution in [2.75, 3.05) is 12.4 Å². The van der Waals surface area contributed by atoms with Crippen molar-refractivity contribution in [3.8, 4) is 11.3 Å². The van der Waals surface area contributed by atoms with Crippen LogP contribution in [0.4, 0.5) is 10.1 Å². The Morgan fingerprint density at radius 1 is 0.971 bits per heavy atom. The topological polar surface area (TPSA) is 68.3 Å². The minimum Gasteiger partial charge on any atom is -0.465 e. The third kappa shape index (κ3) is 4.78. The molecule has 1 heterocycles. The highest BCUT2D eigenvalue weighted by molar-refractivity contribution is 6.14. The number of hydrogen-bond donors (Lipinski definition) is 1. The number of carbonyl (C=O) groups excluding carboxylic acids is 2. The number of amides is 1. The second-order valence-corrected chi connectivity index (χ2v) is 9.45. The first-order chi connectivity index (χ1) is 16.6. The van der Waals surface area contributed by atoms with Gasteiger partial charge in [-0.25, -0.2) is 14.2 Å². The van der Waals surface area contributed by atoms with Crippen LogP contribution in [0.25, 0.3) is 22.2 Å². The van der Waals surface area contributed by atoms with E-state index in [-0.39, 0.29) is 16.7 Å². The molecule has 0 spiro atoms. The average Bonchev–Trinajstić information content (AvgIpc) is 2.83. The van der Waals surface area contributed by atoms with E-state index in [1.165, 1.54) is 19.2 Å². The van der Waals surface area contributed by atoms with Crippen molar-refractivity contribution in [1.82, 2.24) is 4.98 Å². The van der Waals surface area contributed by atoms with Gasteiger partial charge in [0.25, 0.3) is 5.91 Å². The van der Waals surface area contributed by atoms with Gasteiger partial charge in [0.15, 0.2) is 0 Å². The van der Waals surface area contributed by atoms with Crippen LogP contribution in [-0.4, -0.2) is 24.0 Å². The van der Waals surface area contributed by atoms with Crippen molar-refractivity contribution < 1.29 is 18.7 Å². The number of anilines is 1. The molecule has 0 saturated heterocycles. The lowest BCUT2D eigenvalue weighted by Crippen LogP contribution is -2.17. The summed E-state index contributed by atoms with van der Waals surface area (Å²) in [6.45, 7) is 8.16. The number of carbonyl (C=O) groups is 2. The van der Waals surface area contributed by atoms with E-state index >= 15 is 0 Å². The summed E-state index contributed by atoms with van der Waals surface area (Å²) in [5.74, 6) is -1.83. The number of nitrogens with zero attached hydrogens (tertiary/aromatic N) is 1. The smallest absolute Gasteiger partial charge is 0.337 e. The molecule has 4 rings (SSSR count). The van der Waals surface area contributed by atoms with Gasteiger partial charge in [-0.1, -0.05) is 57.2 Å². The minimum atomic E-state index is -0.726. The standard InChI is InChI=1S/C29H27FN2O3/c1-17-25(27(33)32-24-13-11-19(15-22(24)30)28(34)35-5)21-16-20(29(2,3)4)12-14-23(21)31-26(17)18-9-7-6-8-10-18/h6-16H,1-5H3,(H,32,33). The SMILES string of the molecule is COC(=O)c1ccc(NC(=O)c2c(C)c(-c3ccccc3)nc3ccc(C(C)(C)C)cc23)c(F)c1. The predicted molar refractivity (Wildman–Crippen MR) is 136 cm³/mol. The van der Waals surface area contributed by atoms with Gasteiger partial charge < -0.3 is 10.1 Å². The van der Waals surface area contributed by atoms with Crippen LogP contribution >= 0.6 is 0 Å². The number of methoxy groups -OCH3 is 1. The van der Waals surface area contributed by atoms with Gasteiger partial charge in [-0.2, -0.15) is 0 Å². The summed E-state index contributed by atoms with van der Waals surface area (Å²) in [5, 5.41) is 3.38. The fraction of sp³-hybridized carbons (Fsp3) is 0.207.